The first-order valence-corrected chi connectivity index (χ1v) is 6.82. The minimum absolute atomic E-state index is 0.0859. The molecule has 0 aliphatic rings. The molecule has 3 N–H and O–H groups in total. The average Bonchev–Trinajstić information content (AvgIpc) is 2.95. The van der Waals surface area contributed by atoms with Crippen molar-refractivity contribution in [1.29, 1.82) is 0 Å². The van der Waals surface area contributed by atoms with Gasteiger partial charge in [0.05, 0.1) is 18.4 Å². The molecule has 0 unspecified atom stereocenters. The van der Waals surface area contributed by atoms with E-state index in [0.29, 0.717) is 18.8 Å². The number of amides is 1. The summed E-state index contributed by atoms with van der Waals surface area (Å²) >= 11 is 1.70. The van der Waals surface area contributed by atoms with Gasteiger partial charge in [-0.25, -0.2) is 4.68 Å². The van der Waals surface area contributed by atoms with Crippen LogP contribution in [0.4, 0.5) is 0 Å². The number of nitrogens with zero attached hydrogens (tertiary/aromatic N) is 3. The van der Waals surface area contributed by atoms with Gasteiger partial charge in [0, 0.05) is 16.3 Å². The first kappa shape index (κ1) is 13.7. The fourth-order valence-corrected chi connectivity index (χ4v) is 2.63. The molecule has 0 aromatic carbocycles. The van der Waals surface area contributed by atoms with E-state index in [9.17, 15) is 4.79 Å². The number of nitrogens with one attached hydrogen (secondary N) is 1. The number of aryl methyl sites for hydroxylation is 2. The van der Waals surface area contributed by atoms with Crippen LogP contribution in [0.3, 0.4) is 0 Å². The summed E-state index contributed by atoms with van der Waals surface area (Å²) in [7, 11) is 0. The number of hydrogen-bond acceptors (Lipinski definition) is 5. The Labute approximate surface area is 115 Å². The highest BCUT2D eigenvalue weighted by Crippen LogP contribution is 2.20. The largest absolute Gasteiger partial charge is 0.350 e. The summed E-state index contributed by atoms with van der Waals surface area (Å²) in [6.45, 7) is 5.19. The van der Waals surface area contributed by atoms with E-state index in [-0.39, 0.29) is 12.5 Å². The van der Waals surface area contributed by atoms with Crippen molar-refractivity contribution in [3.8, 4) is 0 Å². The second-order valence-corrected chi connectivity index (χ2v) is 5.68. The quantitative estimate of drug-likeness (QED) is 0.845. The predicted molar refractivity (Wildman–Crippen MR) is 73.6 cm³/mol. The summed E-state index contributed by atoms with van der Waals surface area (Å²) in [6, 6.07) is 2.10. The maximum absolute atomic E-state index is 11.7. The van der Waals surface area contributed by atoms with Crippen LogP contribution in [0.1, 0.15) is 21.0 Å². The van der Waals surface area contributed by atoms with Crippen LogP contribution in [0.2, 0.25) is 0 Å². The highest BCUT2D eigenvalue weighted by atomic mass is 32.1. The number of carbonyl (C=O) groups excluding carboxylic acids is 1. The minimum Gasteiger partial charge on any atom is -0.350 e. The maximum atomic E-state index is 11.7. The van der Waals surface area contributed by atoms with Crippen LogP contribution in [0.15, 0.2) is 12.3 Å². The Kier molecular flexibility index (Phi) is 4.28. The smallest absolute Gasteiger partial charge is 0.242 e. The third kappa shape index (κ3) is 3.62. The van der Waals surface area contributed by atoms with Gasteiger partial charge in [-0.15, -0.1) is 16.4 Å². The number of carbonyl (C=O) groups is 1. The zero-order chi connectivity index (χ0) is 13.8. The van der Waals surface area contributed by atoms with Crippen LogP contribution in [0.25, 0.3) is 0 Å². The summed E-state index contributed by atoms with van der Waals surface area (Å²) in [6.07, 6.45) is 1.68. The second-order valence-electron chi connectivity index (χ2n) is 4.34. The van der Waals surface area contributed by atoms with E-state index in [4.69, 9.17) is 5.73 Å². The van der Waals surface area contributed by atoms with Crippen LogP contribution in [-0.4, -0.2) is 20.9 Å². The monoisotopic (exact) mass is 279 g/mol. The summed E-state index contributed by atoms with van der Waals surface area (Å²) in [5, 5.41) is 10.5. The molecule has 2 heterocycles. The lowest BCUT2D eigenvalue weighted by atomic mass is 10.3. The molecule has 2 aromatic rings. The normalized spacial score (nSPS) is 10.7. The van der Waals surface area contributed by atoms with Crippen LogP contribution in [0, 0.1) is 13.8 Å². The molecular weight excluding hydrogens is 262 g/mol. The molecule has 0 aliphatic carbocycles. The van der Waals surface area contributed by atoms with E-state index in [1.54, 1.807) is 17.5 Å². The highest BCUT2D eigenvalue weighted by Gasteiger charge is 2.07. The van der Waals surface area contributed by atoms with E-state index in [0.717, 1.165) is 4.88 Å². The van der Waals surface area contributed by atoms with Gasteiger partial charge in [0.1, 0.15) is 6.54 Å². The van der Waals surface area contributed by atoms with Gasteiger partial charge in [-0.05, 0) is 25.5 Å². The molecule has 0 radical (unpaired) electrons. The standard InChI is InChI=1S/C12H17N5OS/c1-8-3-11(19-9(8)2)5-14-12(18)7-17-6-10(4-13)15-16-17/h3,6H,4-5,7,13H2,1-2H3,(H,14,18). The van der Waals surface area contributed by atoms with Crippen LogP contribution in [0.5, 0.6) is 0 Å². The molecular formula is C12H17N5OS. The fraction of sp³-hybridized carbons (Fsp3) is 0.417. The SMILES string of the molecule is Cc1cc(CNC(=O)Cn2cc(CN)nn2)sc1C. The molecule has 19 heavy (non-hydrogen) atoms. The van der Waals surface area contributed by atoms with Gasteiger partial charge in [-0.3, -0.25) is 4.79 Å². The Bertz CT molecular complexity index is 555. The van der Waals surface area contributed by atoms with Crippen molar-refractivity contribution >= 4 is 17.2 Å². The lowest BCUT2D eigenvalue weighted by Crippen LogP contribution is -2.27. The lowest BCUT2D eigenvalue weighted by molar-refractivity contribution is -0.122. The van der Waals surface area contributed by atoms with Crippen LogP contribution < -0.4 is 11.1 Å². The molecule has 0 aliphatic heterocycles. The van der Waals surface area contributed by atoms with Crippen LogP contribution >= 0.6 is 11.3 Å². The molecule has 102 valence electrons. The molecule has 0 spiro atoms. The molecule has 2 rings (SSSR count). The third-order valence-electron chi connectivity index (χ3n) is 2.78. The van der Waals surface area contributed by atoms with Crippen molar-refractivity contribution in [1.82, 2.24) is 20.3 Å². The number of aromatic nitrogens is 3. The van der Waals surface area contributed by atoms with E-state index in [1.165, 1.54) is 15.1 Å². The molecule has 1 amide bonds. The summed E-state index contributed by atoms with van der Waals surface area (Å²) in [5.74, 6) is -0.0859. The summed E-state index contributed by atoms with van der Waals surface area (Å²) in [4.78, 5) is 14.2. The van der Waals surface area contributed by atoms with Crippen molar-refractivity contribution in [2.24, 2.45) is 5.73 Å². The molecule has 2 aromatic heterocycles. The number of hydrogen-bond donors (Lipinski definition) is 2. The lowest BCUT2D eigenvalue weighted by Gasteiger charge is -2.02. The highest BCUT2D eigenvalue weighted by molar-refractivity contribution is 7.12. The third-order valence-corrected chi connectivity index (χ3v) is 3.93. The Balaban J connectivity index is 1.84. The predicted octanol–water partition coefficient (Wildman–Crippen LogP) is 0.732. The Morgan fingerprint density at radius 2 is 2.32 bits per heavy atom. The van der Waals surface area contributed by atoms with E-state index in [1.807, 2.05) is 0 Å². The number of nitrogens with two attached hydrogens (primary N) is 1. The molecule has 0 saturated carbocycles. The molecule has 6 nitrogen and oxygen atoms in total. The molecule has 0 bridgehead atoms. The van der Waals surface area contributed by atoms with Gasteiger partial charge in [-0.1, -0.05) is 5.21 Å². The zero-order valence-electron chi connectivity index (χ0n) is 11.0. The van der Waals surface area contributed by atoms with Gasteiger partial charge in [-0.2, -0.15) is 0 Å². The molecule has 7 heteroatoms. The van der Waals surface area contributed by atoms with Gasteiger partial charge in [0.25, 0.3) is 0 Å². The van der Waals surface area contributed by atoms with Crippen molar-refractivity contribution in [3.05, 3.63) is 33.3 Å². The first-order valence-electron chi connectivity index (χ1n) is 6.00. The minimum atomic E-state index is -0.0859. The Morgan fingerprint density at radius 3 is 2.89 bits per heavy atom. The zero-order valence-corrected chi connectivity index (χ0v) is 11.8. The average molecular weight is 279 g/mol. The van der Waals surface area contributed by atoms with Crippen molar-refractivity contribution in [2.75, 3.05) is 0 Å². The summed E-state index contributed by atoms with van der Waals surface area (Å²) in [5.41, 5.74) is 7.37. The topological polar surface area (TPSA) is 85.8 Å². The summed E-state index contributed by atoms with van der Waals surface area (Å²) < 4.78 is 1.49. The van der Waals surface area contributed by atoms with E-state index in [2.05, 4.69) is 35.5 Å². The molecule has 0 fully saturated rings. The van der Waals surface area contributed by atoms with Gasteiger partial charge in [0.2, 0.25) is 5.91 Å². The maximum Gasteiger partial charge on any atom is 0.242 e. The molecule has 0 saturated heterocycles. The van der Waals surface area contributed by atoms with Gasteiger partial charge >= 0.3 is 0 Å². The van der Waals surface area contributed by atoms with Crippen molar-refractivity contribution in [3.63, 3.8) is 0 Å². The van der Waals surface area contributed by atoms with E-state index < -0.39 is 0 Å². The molecule has 0 atom stereocenters. The number of thiophene rings is 1. The Morgan fingerprint density at radius 1 is 1.53 bits per heavy atom. The van der Waals surface area contributed by atoms with Gasteiger partial charge in [0.15, 0.2) is 0 Å². The van der Waals surface area contributed by atoms with Crippen molar-refractivity contribution in [2.45, 2.75) is 33.5 Å². The van der Waals surface area contributed by atoms with Crippen molar-refractivity contribution < 1.29 is 4.79 Å². The van der Waals surface area contributed by atoms with Crippen LogP contribution in [-0.2, 0) is 24.4 Å². The first-order chi connectivity index (χ1) is 9.08. The number of rotatable bonds is 5. The Hall–Kier alpha value is -1.73. The van der Waals surface area contributed by atoms with E-state index >= 15 is 0 Å². The van der Waals surface area contributed by atoms with Gasteiger partial charge < -0.3 is 11.1 Å². The fourth-order valence-electron chi connectivity index (χ4n) is 1.63. The second kappa shape index (κ2) is 5.94.